The van der Waals surface area contributed by atoms with E-state index in [4.69, 9.17) is 11.6 Å². The van der Waals surface area contributed by atoms with Gasteiger partial charge in [-0.3, -0.25) is 9.78 Å². The summed E-state index contributed by atoms with van der Waals surface area (Å²) in [7, 11) is 0. The van der Waals surface area contributed by atoms with Crippen LogP contribution >= 0.6 is 11.6 Å². The van der Waals surface area contributed by atoms with Crippen molar-refractivity contribution in [3.63, 3.8) is 0 Å². The van der Waals surface area contributed by atoms with Crippen molar-refractivity contribution in [3.05, 3.63) is 71.0 Å². The van der Waals surface area contributed by atoms with Gasteiger partial charge in [0.2, 0.25) is 0 Å². The molecule has 0 aliphatic carbocycles. The fourth-order valence-corrected chi connectivity index (χ4v) is 3.02. The minimum absolute atomic E-state index is 0.0229. The van der Waals surface area contributed by atoms with Gasteiger partial charge in [-0.1, -0.05) is 35.9 Å². The third-order valence-electron chi connectivity index (χ3n) is 3.83. The molecular formula is C17H11ClN2O. The Balaban J connectivity index is 1.85. The van der Waals surface area contributed by atoms with Gasteiger partial charge in [-0.15, -0.1) is 0 Å². The SMILES string of the molecule is O=C1c2cccc3cccc(c23)N1Cc1ccncc1Cl. The van der Waals surface area contributed by atoms with E-state index >= 15 is 0 Å². The summed E-state index contributed by atoms with van der Waals surface area (Å²) in [5.41, 5.74) is 2.60. The van der Waals surface area contributed by atoms with Crippen molar-refractivity contribution >= 4 is 34.0 Å². The van der Waals surface area contributed by atoms with E-state index in [1.807, 2.05) is 42.5 Å². The lowest BCUT2D eigenvalue weighted by Crippen LogP contribution is -2.26. The van der Waals surface area contributed by atoms with Crippen LogP contribution in [0.15, 0.2) is 54.9 Å². The highest BCUT2D eigenvalue weighted by Gasteiger charge is 2.29. The number of anilines is 1. The molecule has 2 aromatic carbocycles. The molecule has 0 spiro atoms. The number of aromatic nitrogens is 1. The predicted molar refractivity (Wildman–Crippen MR) is 83.7 cm³/mol. The molecule has 0 radical (unpaired) electrons. The van der Waals surface area contributed by atoms with Crippen LogP contribution in [0.25, 0.3) is 10.8 Å². The highest BCUT2D eigenvalue weighted by Crippen LogP contribution is 2.38. The molecule has 0 N–H and O–H groups in total. The van der Waals surface area contributed by atoms with Crippen molar-refractivity contribution in [1.29, 1.82) is 0 Å². The van der Waals surface area contributed by atoms with E-state index in [-0.39, 0.29) is 5.91 Å². The number of hydrogen-bond acceptors (Lipinski definition) is 2. The van der Waals surface area contributed by atoms with E-state index < -0.39 is 0 Å². The summed E-state index contributed by atoms with van der Waals surface area (Å²) in [5.74, 6) is 0.0229. The predicted octanol–water partition coefficient (Wildman–Crippen LogP) is 4.05. The fraction of sp³-hybridized carbons (Fsp3) is 0.0588. The van der Waals surface area contributed by atoms with E-state index in [0.29, 0.717) is 11.6 Å². The quantitative estimate of drug-likeness (QED) is 0.714. The maximum absolute atomic E-state index is 12.7. The highest BCUT2D eigenvalue weighted by molar-refractivity contribution is 6.31. The van der Waals surface area contributed by atoms with Gasteiger partial charge in [0.15, 0.2) is 0 Å². The van der Waals surface area contributed by atoms with Crippen LogP contribution in [-0.4, -0.2) is 10.9 Å². The van der Waals surface area contributed by atoms with Gasteiger partial charge in [-0.05, 0) is 29.1 Å². The van der Waals surface area contributed by atoms with Crippen molar-refractivity contribution < 1.29 is 4.79 Å². The van der Waals surface area contributed by atoms with Crippen LogP contribution in [0.2, 0.25) is 5.02 Å². The van der Waals surface area contributed by atoms with Gasteiger partial charge in [0.05, 0.1) is 17.3 Å². The molecule has 4 rings (SSSR count). The van der Waals surface area contributed by atoms with Crippen molar-refractivity contribution in [2.45, 2.75) is 6.54 Å². The minimum Gasteiger partial charge on any atom is -0.303 e. The number of halogens is 1. The van der Waals surface area contributed by atoms with E-state index in [1.165, 1.54) is 0 Å². The van der Waals surface area contributed by atoms with Crippen LogP contribution in [-0.2, 0) is 6.54 Å². The molecule has 0 saturated heterocycles. The molecule has 3 nitrogen and oxygen atoms in total. The maximum Gasteiger partial charge on any atom is 0.259 e. The monoisotopic (exact) mass is 294 g/mol. The van der Waals surface area contributed by atoms with Crippen LogP contribution in [0.5, 0.6) is 0 Å². The normalized spacial score (nSPS) is 13.2. The van der Waals surface area contributed by atoms with E-state index in [9.17, 15) is 4.79 Å². The first-order valence-corrected chi connectivity index (χ1v) is 7.05. The van der Waals surface area contributed by atoms with Gasteiger partial charge in [0.1, 0.15) is 0 Å². The number of amides is 1. The lowest BCUT2D eigenvalue weighted by molar-refractivity contribution is 0.0991. The van der Waals surface area contributed by atoms with Crippen LogP contribution in [0.4, 0.5) is 5.69 Å². The topological polar surface area (TPSA) is 33.2 Å². The maximum atomic E-state index is 12.7. The second-order valence-corrected chi connectivity index (χ2v) is 5.45. The summed E-state index contributed by atoms with van der Waals surface area (Å²) in [5, 5.41) is 2.69. The number of carbonyl (C=O) groups is 1. The Morgan fingerprint density at radius 1 is 1.10 bits per heavy atom. The molecular weight excluding hydrogens is 284 g/mol. The molecule has 1 aliphatic rings. The zero-order valence-corrected chi connectivity index (χ0v) is 11.8. The molecule has 2 heterocycles. The molecule has 3 aromatic rings. The second kappa shape index (κ2) is 4.57. The van der Waals surface area contributed by atoms with Crippen molar-refractivity contribution in [2.75, 3.05) is 4.90 Å². The van der Waals surface area contributed by atoms with Gasteiger partial charge in [0, 0.05) is 23.3 Å². The van der Waals surface area contributed by atoms with Crippen molar-refractivity contribution in [1.82, 2.24) is 4.98 Å². The summed E-state index contributed by atoms with van der Waals surface area (Å²) in [6.45, 7) is 0.452. The molecule has 0 atom stereocenters. The number of benzene rings is 2. The summed E-state index contributed by atoms with van der Waals surface area (Å²) >= 11 is 6.16. The number of hydrogen-bond donors (Lipinski definition) is 0. The number of pyridine rings is 1. The van der Waals surface area contributed by atoms with Gasteiger partial charge < -0.3 is 4.90 Å². The fourth-order valence-electron chi connectivity index (χ4n) is 2.84. The van der Waals surface area contributed by atoms with Gasteiger partial charge in [-0.2, -0.15) is 0 Å². The highest BCUT2D eigenvalue weighted by atomic mass is 35.5. The third-order valence-corrected chi connectivity index (χ3v) is 4.17. The minimum atomic E-state index is 0.0229. The molecule has 0 bridgehead atoms. The summed E-state index contributed by atoms with van der Waals surface area (Å²) in [6.07, 6.45) is 3.29. The zero-order chi connectivity index (χ0) is 14.4. The van der Waals surface area contributed by atoms with Crippen molar-refractivity contribution in [3.8, 4) is 0 Å². The first-order chi connectivity index (χ1) is 10.3. The van der Waals surface area contributed by atoms with E-state index in [0.717, 1.165) is 27.6 Å². The van der Waals surface area contributed by atoms with E-state index in [2.05, 4.69) is 4.98 Å². The molecule has 21 heavy (non-hydrogen) atoms. The summed E-state index contributed by atoms with van der Waals surface area (Å²) < 4.78 is 0. The number of nitrogens with zero attached hydrogens (tertiary/aromatic N) is 2. The molecule has 0 saturated carbocycles. The molecule has 1 amide bonds. The Bertz CT molecular complexity index is 870. The third kappa shape index (κ3) is 1.82. The Morgan fingerprint density at radius 3 is 2.71 bits per heavy atom. The lowest BCUT2D eigenvalue weighted by atomic mass is 10.1. The Morgan fingerprint density at radius 2 is 1.90 bits per heavy atom. The second-order valence-electron chi connectivity index (χ2n) is 5.04. The standard InChI is InChI=1S/C17H11ClN2O/c18-14-9-19-8-7-12(14)10-20-15-6-2-4-11-3-1-5-13(16(11)15)17(20)21/h1-9H,10H2. The Hall–Kier alpha value is -2.39. The molecule has 0 fully saturated rings. The van der Waals surface area contributed by atoms with Crippen LogP contribution in [0, 0.1) is 0 Å². The average Bonchev–Trinajstić information content (AvgIpc) is 2.78. The Labute approximate surface area is 126 Å². The zero-order valence-electron chi connectivity index (χ0n) is 11.1. The first-order valence-electron chi connectivity index (χ1n) is 6.68. The molecule has 0 unspecified atom stereocenters. The first kappa shape index (κ1) is 12.4. The molecule has 1 aromatic heterocycles. The molecule has 102 valence electrons. The van der Waals surface area contributed by atoms with Gasteiger partial charge in [-0.25, -0.2) is 0 Å². The van der Waals surface area contributed by atoms with Gasteiger partial charge >= 0.3 is 0 Å². The van der Waals surface area contributed by atoms with Crippen molar-refractivity contribution in [2.24, 2.45) is 0 Å². The molecule has 1 aliphatic heterocycles. The molecule has 4 heteroatoms. The lowest BCUT2D eigenvalue weighted by Gasteiger charge is -2.18. The van der Waals surface area contributed by atoms with E-state index in [1.54, 1.807) is 17.3 Å². The van der Waals surface area contributed by atoms with Crippen LogP contribution < -0.4 is 4.90 Å². The Kier molecular flexibility index (Phi) is 2.69. The largest absolute Gasteiger partial charge is 0.303 e. The average molecular weight is 295 g/mol. The number of rotatable bonds is 2. The van der Waals surface area contributed by atoms with Crippen LogP contribution in [0.3, 0.4) is 0 Å². The number of carbonyl (C=O) groups excluding carboxylic acids is 1. The van der Waals surface area contributed by atoms with Crippen LogP contribution in [0.1, 0.15) is 15.9 Å². The smallest absolute Gasteiger partial charge is 0.259 e. The van der Waals surface area contributed by atoms with Gasteiger partial charge in [0.25, 0.3) is 5.91 Å². The summed E-state index contributed by atoms with van der Waals surface area (Å²) in [4.78, 5) is 18.4. The summed E-state index contributed by atoms with van der Waals surface area (Å²) in [6, 6.07) is 13.6.